The number of nitrogens with one attached hydrogen (secondary N) is 1. The van der Waals surface area contributed by atoms with Crippen LogP contribution >= 0.6 is 11.3 Å². The summed E-state index contributed by atoms with van der Waals surface area (Å²) >= 11 is 1.71. The molecule has 1 fully saturated rings. The molecule has 39 heavy (non-hydrogen) atoms. The minimum Gasteiger partial charge on any atom is -0.492 e. The first-order valence-electron chi connectivity index (χ1n) is 13.4. The molecule has 204 valence electrons. The number of hydrogen-bond acceptors (Lipinski definition) is 6. The molecule has 3 heterocycles. The molecule has 1 aliphatic rings. The van der Waals surface area contributed by atoms with Crippen molar-refractivity contribution >= 4 is 17.2 Å². The zero-order valence-corrected chi connectivity index (χ0v) is 23.8. The van der Waals surface area contributed by atoms with Crippen molar-refractivity contribution in [1.29, 1.82) is 0 Å². The lowest BCUT2D eigenvalue weighted by Gasteiger charge is -2.18. The highest BCUT2D eigenvalue weighted by Crippen LogP contribution is 2.33. The van der Waals surface area contributed by atoms with Crippen LogP contribution in [0.25, 0.3) is 21.6 Å². The van der Waals surface area contributed by atoms with Gasteiger partial charge >= 0.3 is 0 Å². The van der Waals surface area contributed by atoms with Crippen LogP contribution in [0.1, 0.15) is 46.9 Å². The highest BCUT2D eigenvalue weighted by Gasteiger charge is 2.20. The summed E-state index contributed by atoms with van der Waals surface area (Å²) in [6, 6.07) is 16.5. The van der Waals surface area contributed by atoms with E-state index < -0.39 is 0 Å². The average Bonchev–Trinajstić information content (AvgIpc) is 3.71. The van der Waals surface area contributed by atoms with Gasteiger partial charge in [-0.15, -0.1) is 11.3 Å². The number of carbonyl (C=O) groups is 1. The van der Waals surface area contributed by atoms with Crippen LogP contribution in [-0.4, -0.2) is 61.0 Å². The number of amides is 1. The molecule has 1 N–H and O–H groups in total. The second-order valence-corrected chi connectivity index (χ2v) is 11.3. The van der Waals surface area contributed by atoms with Crippen molar-refractivity contribution in [3.05, 3.63) is 83.0 Å². The van der Waals surface area contributed by atoms with Crippen molar-refractivity contribution in [3.8, 4) is 27.3 Å². The molecular formula is C31H36N4O3S. The maximum absolute atomic E-state index is 13.4. The van der Waals surface area contributed by atoms with E-state index in [-0.39, 0.29) is 18.0 Å². The SMILES string of the molecule is Cc1ccc(OCCN(C)C)cc1C(=O)N[C@H](C)c1cc(-c2cnn(C3CCOC3)c2)cc(-c2cccs2)c1. The third kappa shape index (κ3) is 6.58. The van der Waals surface area contributed by atoms with Gasteiger partial charge in [0.1, 0.15) is 12.4 Å². The first kappa shape index (κ1) is 27.1. The molecule has 7 nitrogen and oxygen atoms in total. The van der Waals surface area contributed by atoms with Gasteiger partial charge in [-0.2, -0.15) is 5.10 Å². The Morgan fingerprint density at radius 2 is 2.05 bits per heavy atom. The van der Waals surface area contributed by atoms with E-state index in [1.54, 1.807) is 11.3 Å². The summed E-state index contributed by atoms with van der Waals surface area (Å²) in [5.74, 6) is 0.585. The van der Waals surface area contributed by atoms with E-state index in [0.29, 0.717) is 24.5 Å². The first-order chi connectivity index (χ1) is 18.9. The van der Waals surface area contributed by atoms with Gasteiger partial charge in [-0.3, -0.25) is 9.48 Å². The van der Waals surface area contributed by atoms with E-state index in [1.807, 2.05) is 57.0 Å². The molecule has 2 aromatic carbocycles. The molecule has 2 aromatic heterocycles. The molecule has 0 aliphatic carbocycles. The van der Waals surface area contributed by atoms with Crippen LogP contribution in [0.4, 0.5) is 0 Å². The van der Waals surface area contributed by atoms with E-state index in [0.717, 1.165) is 47.4 Å². The molecule has 1 unspecified atom stereocenters. The fourth-order valence-corrected chi connectivity index (χ4v) is 5.43. The van der Waals surface area contributed by atoms with E-state index >= 15 is 0 Å². The van der Waals surface area contributed by atoms with Gasteiger partial charge in [-0.05, 0) is 98.4 Å². The molecular weight excluding hydrogens is 508 g/mol. The Labute approximate surface area is 234 Å². The maximum Gasteiger partial charge on any atom is 0.252 e. The Kier molecular flexibility index (Phi) is 8.45. The van der Waals surface area contributed by atoms with Crippen LogP contribution in [0, 0.1) is 6.92 Å². The summed E-state index contributed by atoms with van der Waals surface area (Å²) in [5.41, 5.74) is 5.84. The van der Waals surface area contributed by atoms with Crippen LogP contribution in [0.2, 0.25) is 0 Å². The minimum absolute atomic E-state index is 0.116. The number of aromatic nitrogens is 2. The zero-order chi connectivity index (χ0) is 27.4. The number of benzene rings is 2. The lowest BCUT2D eigenvalue weighted by atomic mass is 9.97. The second kappa shape index (κ2) is 12.2. The summed E-state index contributed by atoms with van der Waals surface area (Å²) in [6.07, 6.45) is 5.00. The third-order valence-electron chi connectivity index (χ3n) is 7.08. The lowest BCUT2D eigenvalue weighted by Crippen LogP contribution is -2.27. The van der Waals surface area contributed by atoms with Gasteiger partial charge in [0.25, 0.3) is 5.91 Å². The van der Waals surface area contributed by atoms with Gasteiger partial charge in [-0.1, -0.05) is 12.1 Å². The summed E-state index contributed by atoms with van der Waals surface area (Å²) < 4.78 is 13.4. The second-order valence-electron chi connectivity index (χ2n) is 10.4. The highest BCUT2D eigenvalue weighted by atomic mass is 32.1. The van der Waals surface area contributed by atoms with E-state index in [1.165, 1.54) is 4.88 Å². The average molecular weight is 545 g/mol. The standard InChI is InChI=1S/C31H36N4O3S/c1-21-7-8-28(38-12-10-34(3)4)17-29(21)31(36)33-22(2)23-14-24(16-25(15-23)30-6-5-13-39-30)26-18-32-35(19-26)27-9-11-37-20-27/h5-8,13-19,22,27H,9-12,20H2,1-4H3,(H,33,36)/t22-,27?/m1/s1. The largest absolute Gasteiger partial charge is 0.492 e. The van der Waals surface area contributed by atoms with Gasteiger partial charge in [0.05, 0.1) is 24.9 Å². The highest BCUT2D eigenvalue weighted by molar-refractivity contribution is 7.13. The monoisotopic (exact) mass is 544 g/mol. The Bertz CT molecular complexity index is 1410. The topological polar surface area (TPSA) is 68.6 Å². The van der Waals surface area contributed by atoms with Crippen molar-refractivity contribution in [2.45, 2.75) is 32.4 Å². The van der Waals surface area contributed by atoms with Gasteiger partial charge in [0, 0.05) is 35.4 Å². The Morgan fingerprint density at radius 3 is 2.79 bits per heavy atom. The summed E-state index contributed by atoms with van der Waals surface area (Å²) in [6.45, 7) is 6.83. The predicted molar refractivity (Wildman–Crippen MR) is 157 cm³/mol. The summed E-state index contributed by atoms with van der Waals surface area (Å²) in [5, 5.41) is 9.94. The molecule has 5 rings (SSSR count). The number of thiophene rings is 1. The van der Waals surface area contributed by atoms with Gasteiger partial charge in [0.15, 0.2) is 0 Å². The van der Waals surface area contributed by atoms with Crippen LogP contribution in [0.3, 0.4) is 0 Å². The van der Waals surface area contributed by atoms with Crippen molar-refractivity contribution < 1.29 is 14.3 Å². The third-order valence-corrected chi connectivity index (χ3v) is 8.00. The minimum atomic E-state index is -0.202. The fraction of sp³-hybridized carbons (Fsp3) is 0.355. The van der Waals surface area contributed by atoms with Crippen LogP contribution in [0.15, 0.2) is 66.3 Å². The normalized spacial score (nSPS) is 16.0. The molecule has 1 saturated heterocycles. The van der Waals surface area contributed by atoms with Crippen molar-refractivity contribution in [2.24, 2.45) is 0 Å². The molecule has 4 aromatic rings. The number of aryl methyl sites for hydroxylation is 1. The van der Waals surface area contributed by atoms with Gasteiger partial charge in [0.2, 0.25) is 0 Å². The molecule has 1 amide bonds. The molecule has 0 bridgehead atoms. The number of nitrogens with zero attached hydrogens (tertiary/aromatic N) is 3. The van der Waals surface area contributed by atoms with Crippen LogP contribution in [0.5, 0.6) is 5.75 Å². The molecule has 8 heteroatoms. The number of likely N-dealkylation sites (N-methyl/N-ethyl adjacent to an activating group) is 1. The Hall–Kier alpha value is -3.46. The molecule has 1 aliphatic heterocycles. The lowest BCUT2D eigenvalue weighted by molar-refractivity contribution is 0.0938. The number of rotatable bonds is 10. The van der Waals surface area contributed by atoms with E-state index in [9.17, 15) is 4.79 Å². The maximum atomic E-state index is 13.4. The van der Waals surface area contributed by atoms with Crippen LogP contribution in [-0.2, 0) is 4.74 Å². The van der Waals surface area contributed by atoms with E-state index in [2.05, 4.69) is 57.2 Å². The molecule has 2 atom stereocenters. The van der Waals surface area contributed by atoms with E-state index in [4.69, 9.17) is 9.47 Å². The molecule has 0 spiro atoms. The number of carbonyl (C=O) groups excluding carboxylic acids is 1. The van der Waals surface area contributed by atoms with Gasteiger partial charge < -0.3 is 19.7 Å². The van der Waals surface area contributed by atoms with Crippen LogP contribution < -0.4 is 10.1 Å². The van der Waals surface area contributed by atoms with Crippen molar-refractivity contribution in [2.75, 3.05) is 40.5 Å². The summed E-state index contributed by atoms with van der Waals surface area (Å²) in [7, 11) is 4.02. The number of ether oxygens (including phenoxy) is 2. The quantitative estimate of drug-likeness (QED) is 0.266. The van der Waals surface area contributed by atoms with Crippen molar-refractivity contribution in [1.82, 2.24) is 20.0 Å². The Morgan fingerprint density at radius 1 is 1.21 bits per heavy atom. The van der Waals surface area contributed by atoms with Gasteiger partial charge in [-0.25, -0.2) is 0 Å². The predicted octanol–water partition coefficient (Wildman–Crippen LogP) is 5.98. The number of hydrogen-bond donors (Lipinski definition) is 1. The fourth-order valence-electron chi connectivity index (χ4n) is 4.71. The zero-order valence-electron chi connectivity index (χ0n) is 23.0. The Balaban J connectivity index is 1.39. The smallest absolute Gasteiger partial charge is 0.252 e. The summed E-state index contributed by atoms with van der Waals surface area (Å²) in [4.78, 5) is 16.7. The van der Waals surface area contributed by atoms with Crippen molar-refractivity contribution in [3.63, 3.8) is 0 Å². The molecule has 0 saturated carbocycles. The molecule has 0 radical (unpaired) electrons. The first-order valence-corrected chi connectivity index (χ1v) is 14.3.